The lowest BCUT2D eigenvalue weighted by molar-refractivity contribution is -0.121. The second-order valence-electron chi connectivity index (χ2n) is 5.55. The van der Waals surface area contributed by atoms with Crippen LogP contribution in [0.25, 0.3) is 0 Å². The summed E-state index contributed by atoms with van der Waals surface area (Å²) in [5, 5.41) is 7.26. The lowest BCUT2D eigenvalue weighted by atomic mass is 10.1. The van der Waals surface area contributed by atoms with Gasteiger partial charge in [-0.2, -0.15) is 0 Å². The van der Waals surface area contributed by atoms with Gasteiger partial charge >= 0.3 is 0 Å². The fourth-order valence-electron chi connectivity index (χ4n) is 2.02. The molecule has 1 saturated heterocycles. The molecular weight excluding hydrogens is 282 g/mol. The summed E-state index contributed by atoms with van der Waals surface area (Å²) < 4.78 is 0. The molecule has 1 aliphatic heterocycles. The normalized spacial score (nSPS) is 19.8. The van der Waals surface area contributed by atoms with E-state index in [2.05, 4.69) is 53.7 Å². The van der Waals surface area contributed by atoms with Crippen LogP contribution in [0, 0.1) is 5.92 Å². The van der Waals surface area contributed by atoms with Gasteiger partial charge in [0.15, 0.2) is 5.17 Å². The Morgan fingerprint density at radius 1 is 1.43 bits per heavy atom. The Morgan fingerprint density at radius 2 is 2.19 bits per heavy atom. The first-order valence-electron chi connectivity index (χ1n) is 7.40. The van der Waals surface area contributed by atoms with Gasteiger partial charge in [0.1, 0.15) is 0 Å². The van der Waals surface area contributed by atoms with Crippen molar-refractivity contribution in [3.05, 3.63) is 35.9 Å². The third-order valence-electron chi connectivity index (χ3n) is 3.19. The van der Waals surface area contributed by atoms with Crippen molar-refractivity contribution in [2.45, 2.75) is 26.3 Å². The van der Waals surface area contributed by atoms with Crippen LogP contribution in [0.5, 0.6) is 0 Å². The number of thioether (sulfide) groups is 1. The van der Waals surface area contributed by atoms with Gasteiger partial charge < -0.3 is 10.6 Å². The van der Waals surface area contributed by atoms with Crippen LogP contribution in [-0.4, -0.2) is 29.9 Å². The summed E-state index contributed by atoms with van der Waals surface area (Å²) in [4.78, 5) is 16.1. The molecule has 1 fully saturated rings. The number of hydrogen-bond acceptors (Lipinski definition) is 3. The molecule has 114 valence electrons. The first kappa shape index (κ1) is 15.9. The van der Waals surface area contributed by atoms with E-state index < -0.39 is 0 Å². The quantitative estimate of drug-likeness (QED) is 0.849. The maximum absolute atomic E-state index is 11.6. The van der Waals surface area contributed by atoms with Crippen LogP contribution in [0.1, 0.15) is 31.9 Å². The number of aliphatic imine (C=N–C) groups is 1. The van der Waals surface area contributed by atoms with Crippen molar-refractivity contribution in [1.82, 2.24) is 10.6 Å². The highest BCUT2D eigenvalue weighted by molar-refractivity contribution is 8.14. The smallest absolute Gasteiger partial charge is 0.221 e. The van der Waals surface area contributed by atoms with E-state index in [0.29, 0.717) is 24.9 Å². The van der Waals surface area contributed by atoms with Gasteiger partial charge in [-0.25, -0.2) is 0 Å². The number of rotatable bonds is 6. The number of carbonyl (C=O) groups excluding carboxylic acids is 1. The fraction of sp³-hybridized carbons (Fsp3) is 0.500. The summed E-state index contributed by atoms with van der Waals surface area (Å²) >= 11 is 1.72. The van der Waals surface area contributed by atoms with E-state index >= 15 is 0 Å². The van der Waals surface area contributed by atoms with Gasteiger partial charge in [-0.15, -0.1) is 0 Å². The van der Waals surface area contributed by atoms with E-state index in [-0.39, 0.29) is 5.91 Å². The number of amidine groups is 1. The molecule has 1 aromatic rings. The average Bonchev–Trinajstić information content (AvgIpc) is 2.95. The number of nitrogens with zero attached hydrogens (tertiary/aromatic N) is 1. The Bertz CT molecular complexity index is 488. The first-order chi connectivity index (χ1) is 10.1. The zero-order valence-corrected chi connectivity index (χ0v) is 13.5. The lowest BCUT2D eigenvalue weighted by Gasteiger charge is -2.09. The Balaban J connectivity index is 1.73. The second-order valence-corrected chi connectivity index (χ2v) is 6.56. The molecule has 2 rings (SSSR count). The van der Waals surface area contributed by atoms with E-state index in [1.54, 1.807) is 11.8 Å². The zero-order chi connectivity index (χ0) is 15.1. The van der Waals surface area contributed by atoms with Gasteiger partial charge in [0.2, 0.25) is 5.91 Å². The van der Waals surface area contributed by atoms with E-state index in [4.69, 9.17) is 0 Å². The maximum Gasteiger partial charge on any atom is 0.221 e. The molecule has 0 bridgehead atoms. The van der Waals surface area contributed by atoms with Crippen LogP contribution in [0.2, 0.25) is 0 Å². The Hall–Kier alpha value is -1.49. The topological polar surface area (TPSA) is 53.5 Å². The number of hydrogen-bond donors (Lipinski definition) is 2. The van der Waals surface area contributed by atoms with E-state index in [1.165, 1.54) is 5.56 Å². The van der Waals surface area contributed by atoms with Crippen molar-refractivity contribution in [2.24, 2.45) is 10.9 Å². The molecule has 1 unspecified atom stereocenters. The Labute approximate surface area is 130 Å². The molecule has 1 amide bonds. The largest absolute Gasteiger partial charge is 0.357 e. The molecule has 4 nitrogen and oxygen atoms in total. The van der Waals surface area contributed by atoms with Gasteiger partial charge in [-0.1, -0.05) is 55.9 Å². The molecule has 1 atom stereocenters. The highest BCUT2D eigenvalue weighted by Crippen LogP contribution is 2.25. The van der Waals surface area contributed by atoms with Crippen LogP contribution in [0.15, 0.2) is 35.3 Å². The monoisotopic (exact) mass is 305 g/mol. The standard InChI is InChI=1S/C16H23N3OS/c1-12(2)10-18-15(20)8-9-17-16-19-14(11-21-16)13-6-4-3-5-7-13/h3-7,12,14H,8-11H2,1-2H3,(H,17,19)(H,18,20). The van der Waals surface area contributed by atoms with Crippen molar-refractivity contribution >= 4 is 22.8 Å². The van der Waals surface area contributed by atoms with Crippen molar-refractivity contribution in [2.75, 3.05) is 18.8 Å². The predicted octanol–water partition coefficient (Wildman–Crippen LogP) is 2.58. The third kappa shape index (κ3) is 5.42. The van der Waals surface area contributed by atoms with Crippen LogP contribution in [0.4, 0.5) is 0 Å². The minimum atomic E-state index is 0.0793. The predicted molar refractivity (Wildman–Crippen MR) is 89.5 cm³/mol. The zero-order valence-electron chi connectivity index (χ0n) is 12.6. The molecule has 1 aromatic carbocycles. The number of nitrogens with one attached hydrogen (secondary N) is 2. The molecular formula is C16H23N3OS. The van der Waals surface area contributed by atoms with Gasteiger partial charge in [0.25, 0.3) is 0 Å². The first-order valence-corrected chi connectivity index (χ1v) is 8.39. The minimum Gasteiger partial charge on any atom is -0.357 e. The summed E-state index contributed by atoms with van der Waals surface area (Å²) in [6.07, 6.45) is 0.453. The lowest BCUT2D eigenvalue weighted by Crippen LogP contribution is -2.27. The number of benzene rings is 1. The van der Waals surface area contributed by atoms with Crippen molar-refractivity contribution in [1.29, 1.82) is 0 Å². The summed E-state index contributed by atoms with van der Waals surface area (Å²) in [7, 11) is 0. The molecule has 5 heteroatoms. The summed E-state index contributed by atoms with van der Waals surface area (Å²) in [6.45, 7) is 5.45. The molecule has 2 N–H and O–H groups in total. The van der Waals surface area contributed by atoms with Crippen LogP contribution in [0.3, 0.4) is 0 Å². The van der Waals surface area contributed by atoms with Crippen molar-refractivity contribution in [3.8, 4) is 0 Å². The number of amides is 1. The molecule has 21 heavy (non-hydrogen) atoms. The second kappa shape index (κ2) is 8.08. The van der Waals surface area contributed by atoms with Crippen LogP contribution in [-0.2, 0) is 4.79 Å². The van der Waals surface area contributed by atoms with Gasteiger partial charge in [0, 0.05) is 18.7 Å². The molecule has 0 aromatic heterocycles. The van der Waals surface area contributed by atoms with Crippen LogP contribution < -0.4 is 10.6 Å². The molecule has 1 aliphatic rings. The summed E-state index contributed by atoms with van der Waals surface area (Å²) in [5.74, 6) is 1.55. The highest BCUT2D eigenvalue weighted by Gasteiger charge is 2.21. The molecule has 0 spiro atoms. The highest BCUT2D eigenvalue weighted by atomic mass is 32.2. The Kier molecular flexibility index (Phi) is 6.11. The summed E-state index contributed by atoms with van der Waals surface area (Å²) in [5.41, 5.74) is 1.28. The Morgan fingerprint density at radius 3 is 2.90 bits per heavy atom. The van der Waals surface area contributed by atoms with Gasteiger partial charge in [0.05, 0.1) is 12.6 Å². The average molecular weight is 305 g/mol. The molecule has 0 saturated carbocycles. The van der Waals surface area contributed by atoms with Gasteiger partial charge in [-0.3, -0.25) is 9.79 Å². The van der Waals surface area contributed by atoms with E-state index in [1.807, 2.05) is 6.07 Å². The van der Waals surface area contributed by atoms with Gasteiger partial charge in [-0.05, 0) is 11.5 Å². The molecule has 1 heterocycles. The SMILES string of the molecule is CC(C)CNC(=O)CCN=C1NC(c2ccccc2)CS1. The fourth-order valence-corrected chi connectivity index (χ4v) is 3.02. The number of carbonyl (C=O) groups is 1. The van der Waals surface area contributed by atoms with Crippen LogP contribution >= 0.6 is 11.8 Å². The van der Waals surface area contributed by atoms with Crippen molar-refractivity contribution < 1.29 is 4.79 Å². The minimum absolute atomic E-state index is 0.0793. The van der Waals surface area contributed by atoms with E-state index in [9.17, 15) is 4.79 Å². The summed E-state index contributed by atoms with van der Waals surface area (Å²) in [6, 6.07) is 10.7. The van der Waals surface area contributed by atoms with E-state index in [0.717, 1.165) is 17.5 Å². The molecule has 0 radical (unpaired) electrons. The third-order valence-corrected chi connectivity index (χ3v) is 4.21. The van der Waals surface area contributed by atoms with Crippen molar-refractivity contribution in [3.63, 3.8) is 0 Å². The maximum atomic E-state index is 11.6. The molecule has 0 aliphatic carbocycles.